The molecule has 5 heteroatoms. The number of aryl methyl sites for hydroxylation is 1. The fourth-order valence-corrected chi connectivity index (χ4v) is 3.42. The Hall–Kier alpha value is -2.24. The van der Waals surface area contributed by atoms with Crippen molar-refractivity contribution in [1.82, 2.24) is 25.0 Å². The second-order valence-corrected chi connectivity index (χ2v) is 6.55. The van der Waals surface area contributed by atoms with E-state index in [4.69, 9.17) is 5.10 Å². The largest absolute Gasteiger partial charge is 0.311 e. The lowest BCUT2D eigenvalue weighted by Gasteiger charge is -2.16. The summed E-state index contributed by atoms with van der Waals surface area (Å²) in [7, 11) is 2.14. The highest BCUT2D eigenvalue weighted by Gasteiger charge is 2.13. The highest BCUT2D eigenvalue weighted by Crippen LogP contribution is 2.18. The summed E-state index contributed by atoms with van der Waals surface area (Å²) in [5, 5.41) is 9.42. The van der Waals surface area contributed by atoms with Crippen LogP contribution in [0.3, 0.4) is 0 Å². The molecule has 1 aromatic carbocycles. The molecule has 4 rings (SSSR count). The number of para-hydroxylation sites is 1. The number of rotatable bonds is 4. The molecule has 0 spiro atoms. The van der Waals surface area contributed by atoms with Gasteiger partial charge in [-0.2, -0.15) is 5.10 Å². The Labute approximate surface area is 142 Å². The Morgan fingerprint density at radius 1 is 1.21 bits per heavy atom. The van der Waals surface area contributed by atoms with Crippen molar-refractivity contribution in [3.8, 4) is 0 Å². The molecule has 0 unspecified atom stereocenters. The summed E-state index contributed by atoms with van der Waals surface area (Å²) in [6.07, 6.45) is 3.01. The molecule has 3 heterocycles. The maximum Gasteiger partial charge on any atom is 0.0768 e. The Morgan fingerprint density at radius 3 is 3.08 bits per heavy atom. The third-order valence-electron chi connectivity index (χ3n) is 4.53. The van der Waals surface area contributed by atoms with Crippen LogP contribution in [0.25, 0.3) is 10.9 Å². The first-order valence-electron chi connectivity index (χ1n) is 8.57. The van der Waals surface area contributed by atoms with Crippen LogP contribution in [0.2, 0.25) is 0 Å². The van der Waals surface area contributed by atoms with Crippen LogP contribution in [0, 0.1) is 0 Å². The zero-order valence-electron chi connectivity index (χ0n) is 14.1. The van der Waals surface area contributed by atoms with Crippen LogP contribution in [0.15, 0.2) is 42.6 Å². The molecule has 0 amide bonds. The molecule has 2 aromatic heterocycles. The average Bonchev–Trinajstić information content (AvgIpc) is 2.83. The van der Waals surface area contributed by atoms with Crippen LogP contribution in [0.4, 0.5) is 0 Å². The summed E-state index contributed by atoms with van der Waals surface area (Å²) >= 11 is 0. The predicted molar refractivity (Wildman–Crippen MR) is 95.5 cm³/mol. The van der Waals surface area contributed by atoms with E-state index in [1.54, 1.807) is 0 Å². The second-order valence-electron chi connectivity index (χ2n) is 6.55. The third-order valence-corrected chi connectivity index (χ3v) is 4.53. The van der Waals surface area contributed by atoms with Gasteiger partial charge in [-0.05, 0) is 37.7 Å². The summed E-state index contributed by atoms with van der Waals surface area (Å²) < 4.78 is 2.16. The van der Waals surface area contributed by atoms with E-state index in [0.717, 1.165) is 50.4 Å². The quantitative estimate of drug-likeness (QED) is 0.802. The number of aromatic nitrogens is 3. The fraction of sp³-hybridized carbons (Fsp3) is 0.368. The maximum absolute atomic E-state index is 4.77. The molecule has 1 aliphatic rings. The van der Waals surface area contributed by atoms with Gasteiger partial charge in [-0.25, -0.2) is 0 Å². The first-order valence-corrected chi connectivity index (χ1v) is 8.57. The van der Waals surface area contributed by atoms with Gasteiger partial charge in [-0.1, -0.05) is 24.3 Å². The van der Waals surface area contributed by atoms with Gasteiger partial charge in [-0.3, -0.25) is 14.6 Å². The minimum absolute atomic E-state index is 0.850. The van der Waals surface area contributed by atoms with Gasteiger partial charge >= 0.3 is 0 Å². The first kappa shape index (κ1) is 15.3. The van der Waals surface area contributed by atoms with Gasteiger partial charge in [0.25, 0.3) is 0 Å². The van der Waals surface area contributed by atoms with Crippen LogP contribution in [-0.4, -0.2) is 33.3 Å². The molecule has 0 fully saturated rings. The molecule has 1 aliphatic heterocycles. The molecule has 0 radical (unpaired) electrons. The first-order chi connectivity index (χ1) is 11.8. The van der Waals surface area contributed by atoms with Gasteiger partial charge in [0.2, 0.25) is 0 Å². The summed E-state index contributed by atoms with van der Waals surface area (Å²) in [6.45, 7) is 4.73. The van der Waals surface area contributed by atoms with Crippen LogP contribution in [0.1, 0.15) is 23.4 Å². The van der Waals surface area contributed by atoms with E-state index in [0.29, 0.717) is 0 Å². The summed E-state index contributed by atoms with van der Waals surface area (Å²) in [6, 6.07) is 12.7. The van der Waals surface area contributed by atoms with Crippen LogP contribution in [0.5, 0.6) is 0 Å². The minimum atomic E-state index is 0.850. The number of nitrogens with zero attached hydrogens (tertiary/aromatic N) is 4. The molecule has 3 aromatic rings. The summed E-state index contributed by atoms with van der Waals surface area (Å²) in [5.74, 6) is 0. The molecule has 0 saturated carbocycles. The Balaban J connectivity index is 1.49. The number of hydrogen-bond donors (Lipinski definition) is 1. The van der Waals surface area contributed by atoms with E-state index in [-0.39, 0.29) is 0 Å². The standard InChI is InChI=1S/C19H23N5/c1-23(13-16-6-2-5-15-7-3-9-21-19(15)16)14-17-11-18-12-20-8-4-10-24(18)22-17/h2-3,5-7,9,11,20H,4,8,10,12-14H2,1H3. The van der Waals surface area contributed by atoms with E-state index < -0.39 is 0 Å². The van der Waals surface area contributed by atoms with Crippen LogP contribution >= 0.6 is 0 Å². The van der Waals surface area contributed by atoms with E-state index in [2.05, 4.69) is 57.3 Å². The van der Waals surface area contributed by atoms with Crippen LogP contribution in [-0.2, 0) is 26.2 Å². The Morgan fingerprint density at radius 2 is 2.12 bits per heavy atom. The van der Waals surface area contributed by atoms with E-state index in [1.165, 1.54) is 16.6 Å². The molecule has 24 heavy (non-hydrogen) atoms. The molecule has 1 N–H and O–H groups in total. The van der Waals surface area contributed by atoms with Crippen molar-refractivity contribution in [2.75, 3.05) is 13.6 Å². The fourth-order valence-electron chi connectivity index (χ4n) is 3.42. The van der Waals surface area contributed by atoms with Gasteiger partial charge in [0.1, 0.15) is 0 Å². The van der Waals surface area contributed by atoms with Gasteiger partial charge in [-0.15, -0.1) is 0 Å². The molecular formula is C19H23N5. The van der Waals surface area contributed by atoms with Crippen LogP contribution < -0.4 is 5.32 Å². The molecule has 0 saturated heterocycles. The van der Waals surface area contributed by atoms with Crippen molar-refractivity contribution in [3.63, 3.8) is 0 Å². The van der Waals surface area contributed by atoms with Gasteiger partial charge in [0.05, 0.1) is 16.9 Å². The van der Waals surface area contributed by atoms with Gasteiger partial charge in [0, 0.05) is 37.8 Å². The predicted octanol–water partition coefficient (Wildman–Crippen LogP) is 2.56. The molecule has 5 nitrogen and oxygen atoms in total. The van der Waals surface area contributed by atoms with E-state index >= 15 is 0 Å². The number of nitrogens with one attached hydrogen (secondary N) is 1. The Kier molecular flexibility index (Phi) is 4.28. The zero-order valence-corrected chi connectivity index (χ0v) is 14.1. The summed E-state index contributed by atoms with van der Waals surface area (Å²) in [4.78, 5) is 6.85. The number of benzene rings is 1. The second kappa shape index (κ2) is 6.71. The van der Waals surface area contributed by atoms with Crippen molar-refractivity contribution in [2.45, 2.75) is 32.6 Å². The average molecular weight is 321 g/mol. The lowest BCUT2D eigenvalue weighted by molar-refractivity contribution is 0.314. The lowest BCUT2D eigenvalue weighted by atomic mass is 10.1. The SMILES string of the molecule is CN(Cc1cc2n(n1)CCCNC2)Cc1cccc2cccnc12. The normalized spacial score (nSPS) is 14.8. The van der Waals surface area contributed by atoms with Crippen molar-refractivity contribution >= 4 is 10.9 Å². The van der Waals surface area contributed by atoms with Crippen molar-refractivity contribution in [2.24, 2.45) is 0 Å². The molecule has 124 valence electrons. The topological polar surface area (TPSA) is 46.0 Å². The summed E-state index contributed by atoms with van der Waals surface area (Å²) in [5.41, 5.74) is 4.79. The Bertz CT molecular complexity index is 810. The van der Waals surface area contributed by atoms with Gasteiger partial charge < -0.3 is 5.32 Å². The monoisotopic (exact) mass is 321 g/mol. The molecule has 0 atom stereocenters. The zero-order chi connectivity index (χ0) is 16.4. The molecule has 0 aliphatic carbocycles. The lowest BCUT2D eigenvalue weighted by Crippen LogP contribution is -2.18. The molecule has 0 bridgehead atoms. The number of hydrogen-bond acceptors (Lipinski definition) is 4. The highest BCUT2D eigenvalue weighted by molar-refractivity contribution is 5.81. The number of fused-ring (bicyclic) bond motifs is 2. The van der Waals surface area contributed by atoms with Crippen molar-refractivity contribution < 1.29 is 0 Å². The minimum Gasteiger partial charge on any atom is -0.311 e. The number of pyridine rings is 1. The maximum atomic E-state index is 4.77. The van der Waals surface area contributed by atoms with Gasteiger partial charge in [0.15, 0.2) is 0 Å². The van der Waals surface area contributed by atoms with Crippen molar-refractivity contribution in [1.29, 1.82) is 0 Å². The third kappa shape index (κ3) is 3.18. The molecular weight excluding hydrogens is 298 g/mol. The van der Waals surface area contributed by atoms with E-state index in [1.807, 2.05) is 12.3 Å². The smallest absolute Gasteiger partial charge is 0.0768 e. The van der Waals surface area contributed by atoms with Crippen molar-refractivity contribution in [3.05, 3.63) is 59.5 Å². The van der Waals surface area contributed by atoms with E-state index in [9.17, 15) is 0 Å². The highest BCUT2D eigenvalue weighted by atomic mass is 15.3.